The fourth-order valence-electron chi connectivity index (χ4n) is 1.84. The molecule has 0 aliphatic heterocycles. The number of rotatable bonds is 5. The van der Waals surface area contributed by atoms with Crippen LogP contribution in [0.4, 0.5) is 9.18 Å². The lowest BCUT2D eigenvalue weighted by Crippen LogP contribution is -2.44. The Labute approximate surface area is 142 Å². The average molecular weight is 352 g/mol. The van der Waals surface area contributed by atoms with Gasteiger partial charge in [-0.25, -0.2) is 14.0 Å². The van der Waals surface area contributed by atoms with E-state index < -0.39 is 30.3 Å². The Morgan fingerprint density at radius 3 is 2.75 bits per heavy atom. The van der Waals surface area contributed by atoms with Gasteiger partial charge in [0, 0.05) is 10.7 Å². The van der Waals surface area contributed by atoms with Gasteiger partial charge in [-0.05, 0) is 43.0 Å². The molecule has 8 heteroatoms. The topological polar surface area (TPSA) is 84.5 Å². The highest BCUT2D eigenvalue weighted by atomic mass is 32.1. The number of halogens is 1. The number of amides is 3. The number of hydrogen-bond donors (Lipinski definition) is 2. The average Bonchev–Trinajstić information content (AvgIpc) is 2.95. The van der Waals surface area contributed by atoms with Gasteiger partial charge in [-0.15, -0.1) is 11.3 Å². The van der Waals surface area contributed by atoms with Crippen LogP contribution in [0.2, 0.25) is 0 Å². The lowest BCUT2D eigenvalue weighted by atomic mass is 10.2. The third kappa shape index (κ3) is 4.76. The number of esters is 1. The molecular weight excluding hydrogens is 335 g/mol. The van der Waals surface area contributed by atoms with Crippen molar-refractivity contribution in [2.75, 3.05) is 6.61 Å². The predicted octanol–water partition coefficient (Wildman–Crippen LogP) is 2.82. The summed E-state index contributed by atoms with van der Waals surface area (Å²) in [5.74, 6) is -1.82. The fourth-order valence-corrected chi connectivity index (χ4v) is 2.78. The fraction of sp³-hybridized carbons (Fsp3) is 0.312. The molecule has 0 radical (unpaired) electrons. The molecule has 0 unspecified atom stereocenters. The molecule has 128 valence electrons. The lowest BCUT2D eigenvalue weighted by Gasteiger charge is -2.11. The monoisotopic (exact) mass is 352 g/mol. The number of ether oxygens (including phenoxy) is 1. The quantitative estimate of drug-likeness (QED) is 0.811. The van der Waals surface area contributed by atoms with Crippen molar-refractivity contribution in [3.8, 4) is 0 Å². The highest BCUT2D eigenvalue weighted by molar-refractivity contribution is 7.20. The van der Waals surface area contributed by atoms with Gasteiger partial charge in [0.05, 0.1) is 0 Å². The summed E-state index contributed by atoms with van der Waals surface area (Å²) in [6.45, 7) is 3.12. The number of hydrogen-bond acceptors (Lipinski definition) is 5. The van der Waals surface area contributed by atoms with Crippen molar-refractivity contribution in [2.45, 2.75) is 26.3 Å². The van der Waals surface area contributed by atoms with E-state index in [2.05, 4.69) is 10.6 Å². The van der Waals surface area contributed by atoms with E-state index >= 15 is 0 Å². The first-order chi connectivity index (χ1) is 11.4. The molecule has 0 aliphatic carbocycles. The van der Waals surface area contributed by atoms with Crippen LogP contribution < -0.4 is 10.6 Å². The van der Waals surface area contributed by atoms with Crippen LogP contribution in [0.25, 0.3) is 10.1 Å². The van der Waals surface area contributed by atoms with Crippen LogP contribution >= 0.6 is 11.3 Å². The van der Waals surface area contributed by atoms with Gasteiger partial charge in [-0.1, -0.05) is 6.92 Å². The van der Waals surface area contributed by atoms with E-state index in [4.69, 9.17) is 4.74 Å². The van der Waals surface area contributed by atoms with Gasteiger partial charge in [-0.2, -0.15) is 0 Å². The molecule has 1 aromatic heterocycles. The maximum Gasteiger partial charge on any atom is 0.348 e. The van der Waals surface area contributed by atoms with Crippen molar-refractivity contribution in [3.05, 3.63) is 35.0 Å². The molecule has 6 nitrogen and oxygen atoms in total. The second-order valence-corrected chi connectivity index (χ2v) is 6.28. The maximum absolute atomic E-state index is 13.1. The molecule has 0 saturated carbocycles. The van der Waals surface area contributed by atoms with Crippen LogP contribution in [-0.4, -0.2) is 30.6 Å². The van der Waals surface area contributed by atoms with Crippen LogP contribution in [-0.2, 0) is 9.53 Å². The van der Waals surface area contributed by atoms with Crippen LogP contribution in [0.15, 0.2) is 24.3 Å². The summed E-state index contributed by atoms with van der Waals surface area (Å²) in [5.41, 5.74) is 0. The van der Waals surface area contributed by atoms with E-state index in [1.54, 1.807) is 13.0 Å². The minimum atomic E-state index is -0.726. The van der Waals surface area contributed by atoms with Gasteiger partial charge in [0.1, 0.15) is 10.7 Å². The number of carbonyl (C=O) groups excluding carboxylic acids is 3. The Balaban J connectivity index is 1.87. The van der Waals surface area contributed by atoms with E-state index in [-0.39, 0.29) is 10.9 Å². The third-order valence-corrected chi connectivity index (χ3v) is 4.35. The zero-order valence-electron chi connectivity index (χ0n) is 13.2. The normalized spacial score (nSPS) is 11.8. The first kappa shape index (κ1) is 17.9. The first-order valence-electron chi connectivity index (χ1n) is 7.35. The number of fused-ring (bicyclic) bond motifs is 1. The SMILES string of the molecule is CC[C@@H](C)NC(=O)NC(=O)COC(=O)c1cc2cc(F)ccc2s1. The number of carbonyl (C=O) groups is 3. The Morgan fingerprint density at radius 2 is 2.04 bits per heavy atom. The summed E-state index contributed by atoms with van der Waals surface area (Å²) in [6.07, 6.45) is 0.725. The smallest absolute Gasteiger partial charge is 0.348 e. The summed E-state index contributed by atoms with van der Waals surface area (Å²) < 4.78 is 18.7. The highest BCUT2D eigenvalue weighted by Crippen LogP contribution is 2.26. The third-order valence-electron chi connectivity index (χ3n) is 3.26. The summed E-state index contributed by atoms with van der Waals surface area (Å²) in [6, 6.07) is 4.98. The molecule has 0 bridgehead atoms. The van der Waals surface area contributed by atoms with Gasteiger partial charge >= 0.3 is 12.0 Å². The van der Waals surface area contributed by atoms with Crippen molar-refractivity contribution in [2.24, 2.45) is 0 Å². The molecule has 1 atom stereocenters. The second-order valence-electron chi connectivity index (χ2n) is 5.20. The van der Waals surface area contributed by atoms with E-state index in [0.717, 1.165) is 22.5 Å². The summed E-state index contributed by atoms with van der Waals surface area (Å²) in [5, 5.41) is 5.22. The summed E-state index contributed by atoms with van der Waals surface area (Å²) in [4.78, 5) is 35.2. The number of imide groups is 1. The van der Waals surface area contributed by atoms with Crippen LogP contribution in [0.5, 0.6) is 0 Å². The second kappa shape index (κ2) is 7.87. The van der Waals surface area contributed by atoms with E-state index in [1.165, 1.54) is 18.2 Å². The number of nitrogens with one attached hydrogen (secondary N) is 2. The number of benzene rings is 1. The number of urea groups is 1. The van der Waals surface area contributed by atoms with Crippen LogP contribution in [0.1, 0.15) is 29.9 Å². The zero-order chi connectivity index (χ0) is 17.7. The van der Waals surface area contributed by atoms with Crippen molar-refractivity contribution < 1.29 is 23.5 Å². The highest BCUT2D eigenvalue weighted by Gasteiger charge is 2.15. The minimum Gasteiger partial charge on any atom is -0.451 e. The van der Waals surface area contributed by atoms with Crippen molar-refractivity contribution in [1.82, 2.24) is 10.6 Å². The van der Waals surface area contributed by atoms with Gasteiger partial charge in [0.2, 0.25) is 0 Å². The predicted molar refractivity (Wildman–Crippen MR) is 88.5 cm³/mol. The standard InChI is InChI=1S/C16H17FN2O4S/c1-3-9(2)18-16(22)19-14(20)8-23-15(21)13-7-10-6-11(17)4-5-12(10)24-13/h4-7,9H,3,8H2,1-2H3,(H2,18,19,20,22)/t9-/m1/s1. The first-order valence-corrected chi connectivity index (χ1v) is 8.17. The summed E-state index contributed by atoms with van der Waals surface area (Å²) in [7, 11) is 0. The van der Waals surface area contributed by atoms with Crippen molar-refractivity contribution in [3.63, 3.8) is 0 Å². The van der Waals surface area contributed by atoms with Crippen molar-refractivity contribution in [1.29, 1.82) is 0 Å². The van der Waals surface area contributed by atoms with Gasteiger partial charge < -0.3 is 10.1 Å². The van der Waals surface area contributed by atoms with Crippen LogP contribution in [0, 0.1) is 5.82 Å². The molecule has 2 rings (SSSR count). The Hall–Kier alpha value is -2.48. The van der Waals surface area contributed by atoms with Crippen LogP contribution in [0.3, 0.4) is 0 Å². The van der Waals surface area contributed by atoms with Gasteiger partial charge in [0.25, 0.3) is 5.91 Å². The molecule has 1 aromatic carbocycles. The Morgan fingerprint density at radius 1 is 1.29 bits per heavy atom. The molecule has 0 fully saturated rings. The minimum absolute atomic E-state index is 0.0701. The molecule has 3 amide bonds. The Bertz CT molecular complexity index is 775. The molecule has 2 aromatic rings. The largest absolute Gasteiger partial charge is 0.451 e. The van der Waals surface area contributed by atoms with E-state index in [1.807, 2.05) is 6.92 Å². The van der Waals surface area contributed by atoms with E-state index in [9.17, 15) is 18.8 Å². The molecule has 0 spiro atoms. The molecule has 1 heterocycles. The maximum atomic E-state index is 13.1. The van der Waals surface area contributed by atoms with Gasteiger partial charge in [-0.3, -0.25) is 10.1 Å². The van der Waals surface area contributed by atoms with Gasteiger partial charge in [0.15, 0.2) is 6.61 Å². The molecular formula is C16H17FN2O4S. The summed E-state index contributed by atoms with van der Waals surface area (Å²) >= 11 is 1.14. The molecule has 2 N–H and O–H groups in total. The zero-order valence-corrected chi connectivity index (χ0v) is 14.0. The molecule has 24 heavy (non-hydrogen) atoms. The molecule has 0 aliphatic rings. The van der Waals surface area contributed by atoms with E-state index in [0.29, 0.717) is 5.39 Å². The number of thiophene rings is 1. The molecule has 0 saturated heterocycles. The Kier molecular flexibility index (Phi) is 5.86. The lowest BCUT2D eigenvalue weighted by molar-refractivity contribution is -0.123. The van der Waals surface area contributed by atoms with Crippen molar-refractivity contribution >= 4 is 39.3 Å².